The van der Waals surface area contributed by atoms with E-state index in [0.29, 0.717) is 24.8 Å². The highest BCUT2D eigenvalue weighted by Gasteiger charge is 2.04. The first-order chi connectivity index (χ1) is 9.63. The van der Waals surface area contributed by atoms with E-state index in [0.717, 1.165) is 17.7 Å². The van der Waals surface area contributed by atoms with Crippen LogP contribution in [0.1, 0.15) is 12.0 Å². The third-order valence-electron chi connectivity index (χ3n) is 2.64. The van der Waals surface area contributed by atoms with E-state index in [1.54, 1.807) is 12.1 Å². The van der Waals surface area contributed by atoms with Gasteiger partial charge in [-0.05, 0) is 37.6 Å². The van der Waals surface area contributed by atoms with Crippen LogP contribution in [0.5, 0.6) is 0 Å². The van der Waals surface area contributed by atoms with Gasteiger partial charge in [0.25, 0.3) is 0 Å². The van der Waals surface area contributed by atoms with E-state index in [1.165, 1.54) is 0 Å². The number of halogens is 1. The van der Waals surface area contributed by atoms with E-state index in [9.17, 15) is 4.79 Å². The lowest BCUT2D eigenvalue weighted by Crippen LogP contribution is -2.29. The first kappa shape index (κ1) is 16.9. The number of ether oxygens (including phenoxy) is 1. The van der Waals surface area contributed by atoms with E-state index < -0.39 is 0 Å². The Bertz CT molecular complexity index is 427. The van der Waals surface area contributed by atoms with Crippen molar-refractivity contribution in [2.24, 2.45) is 0 Å². The topological polar surface area (TPSA) is 70.6 Å². The molecule has 1 amide bonds. The molecule has 5 nitrogen and oxygen atoms in total. The average Bonchev–Trinajstić information content (AvgIpc) is 2.42. The molecule has 6 heteroatoms. The number of hydrogen-bond donors (Lipinski definition) is 3. The number of carbonyl (C=O) groups is 1. The van der Waals surface area contributed by atoms with Gasteiger partial charge in [0.2, 0.25) is 5.91 Å². The number of nitrogens with one attached hydrogen (secondary N) is 2. The van der Waals surface area contributed by atoms with Gasteiger partial charge in [-0.2, -0.15) is 0 Å². The van der Waals surface area contributed by atoms with Crippen molar-refractivity contribution in [1.29, 1.82) is 0 Å². The zero-order valence-electron chi connectivity index (χ0n) is 11.6. The molecule has 0 spiro atoms. The van der Waals surface area contributed by atoms with Gasteiger partial charge in [0, 0.05) is 17.3 Å². The number of aliphatic hydroxyl groups is 1. The minimum atomic E-state index is -0.105. The van der Waals surface area contributed by atoms with Crippen LogP contribution in [0.4, 0.5) is 5.69 Å². The second-order valence-corrected chi connectivity index (χ2v) is 4.81. The molecule has 0 saturated heterocycles. The number of carbonyl (C=O) groups excluding carboxylic acids is 1. The van der Waals surface area contributed by atoms with Crippen molar-refractivity contribution in [3.63, 3.8) is 0 Å². The van der Waals surface area contributed by atoms with Gasteiger partial charge in [-0.1, -0.05) is 17.7 Å². The maximum atomic E-state index is 11.7. The van der Waals surface area contributed by atoms with Crippen LogP contribution in [-0.4, -0.2) is 43.9 Å². The summed E-state index contributed by atoms with van der Waals surface area (Å²) in [6.07, 6.45) is 0.795. The molecule has 0 aliphatic rings. The standard InChI is InChI=1S/C14H21ClN2O3/c1-11-3-4-12(15)9-13(11)17-14(19)10-16-5-2-7-20-8-6-18/h3-4,9,16,18H,2,5-8,10H2,1H3,(H,17,19). The van der Waals surface area contributed by atoms with Gasteiger partial charge in [-0.25, -0.2) is 0 Å². The Balaban J connectivity index is 2.19. The van der Waals surface area contributed by atoms with E-state index in [1.807, 2.05) is 13.0 Å². The molecule has 0 bridgehead atoms. The minimum absolute atomic E-state index is 0.0365. The van der Waals surface area contributed by atoms with E-state index in [4.69, 9.17) is 21.4 Å². The van der Waals surface area contributed by atoms with Crippen molar-refractivity contribution >= 4 is 23.2 Å². The number of rotatable bonds is 9. The summed E-state index contributed by atoms with van der Waals surface area (Å²) in [5.74, 6) is -0.105. The van der Waals surface area contributed by atoms with Gasteiger partial charge in [-0.15, -0.1) is 0 Å². The van der Waals surface area contributed by atoms with Crippen LogP contribution in [0.2, 0.25) is 5.02 Å². The Morgan fingerprint density at radius 3 is 2.95 bits per heavy atom. The molecule has 1 rings (SSSR count). The smallest absolute Gasteiger partial charge is 0.238 e. The highest BCUT2D eigenvalue weighted by Crippen LogP contribution is 2.19. The third kappa shape index (κ3) is 6.86. The number of benzene rings is 1. The molecule has 0 aliphatic carbocycles. The maximum absolute atomic E-state index is 11.7. The zero-order chi connectivity index (χ0) is 14.8. The average molecular weight is 301 g/mol. The Hall–Kier alpha value is -1.14. The summed E-state index contributed by atoms with van der Waals surface area (Å²) in [5.41, 5.74) is 1.70. The first-order valence-corrected chi connectivity index (χ1v) is 6.96. The van der Waals surface area contributed by atoms with Gasteiger partial charge < -0.3 is 20.5 Å². The molecular formula is C14H21ClN2O3. The zero-order valence-corrected chi connectivity index (χ0v) is 12.4. The largest absolute Gasteiger partial charge is 0.394 e. The Labute approximate surface area is 124 Å². The van der Waals surface area contributed by atoms with Gasteiger partial charge in [0.05, 0.1) is 19.8 Å². The summed E-state index contributed by atoms with van der Waals surface area (Å²) >= 11 is 5.89. The Morgan fingerprint density at radius 1 is 1.40 bits per heavy atom. The molecule has 0 saturated carbocycles. The third-order valence-corrected chi connectivity index (χ3v) is 2.87. The number of hydrogen-bond acceptors (Lipinski definition) is 4. The number of amides is 1. The summed E-state index contributed by atoms with van der Waals surface area (Å²) in [6, 6.07) is 5.39. The molecule has 0 radical (unpaired) electrons. The van der Waals surface area contributed by atoms with Crippen molar-refractivity contribution in [2.45, 2.75) is 13.3 Å². The fourth-order valence-electron chi connectivity index (χ4n) is 1.59. The number of aliphatic hydroxyl groups excluding tert-OH is 1. The van der Waals surface area contributed by atoms with Gasteiger partial charge in [0.1, 0.15) is 0 Å². The first-order valence-electron chi connectivity index (χ1n) is 6.59. The Morgan fingerprint density at radius 2 is 2.20 bits per heavy atom. The van der Waals surface area contributed by atoms with Crippen molar-refractivity contribution in [3.8, 4) is 0 Å². The second kappa shape index (κ2) is 9.72. The van der Waals surface area contributed by atoms with Gasteiger partial charge >= 0.3 is 0 Å². The molecule has 0 fully saturated rings. The molecule has 3 N–H and O–H groups in total. The molecule has 112 valence electrons. The van der Waals surface area contributed by atoms with Crippen LogP contribution >= 0.6 is 11.6 Å². The molecular weight excluding hydrogens is 280 g/mol. The van der Waals surface area contributed by atoms with E-state index in [2.05, 4.69) is 10.6 Å². The predicted octanol–water partition coefficient (Wildman–Crippen LogP) is 1.58. The van der Waals surface area contributed by atoms with Gasteiger partial charge in [-0.3, -0.25) is 4.79 Å². The SMILES string of the molecule is Cc1ccc(Cl)cc1NC(=O)CNCCCOCCO. The lowest BCUT2D eigenvalue weighted by Gasteiger charge is -2.09. The van der Waals surface area contributed by atoms with Crippen molar-refractivity contribution in [3.05, 3.63) is 28.8 Å². The number of anilines is 1. The van der Waals surface area contributed by atoms with E-state index in [-0.39, 0.29) is 19.1 Å². The molecule has 0 heterocycles. The quantitative estimate of drug-likeness (QED) is 0.606. The lowest BCUT2D eigenvalue weighted by molar-refractivity contribution is -0.115. The summed E-state index contributed by atoms with van der Waals surface area (Å²) in [5, 5.41) is 15.0. The maximum Gasteiger partial charge on any atom is 0.238 e. The Kier molecular flexibility index (Phi) is 8.22. The monoisotopic (exact) mass is 300 g/mol. The molecule has 0 aliphatic heterocycles. The van der Waals surface area contributed by atoms with E-state index >= 15 is 0 Å². The minimum Gasteiger partial charge on any atom is -0.394 e. The van der Waals surface area contributed by atoms with Crippen molar-refractivity contribution in [2.75, 3.05) is 38.2 Å². The summed E-state index contributed by atoms with van der Waals surface area (Å²) in [7, 11) is 0. The van der Waals surface area contributed by atoms with Crippen molar-refractivity contribution in [1.82, 2.24) is 5.32 Å². The number of aryl methyl sites for hydroxylation is 1. The lowest BCUT2D eigenvalue weighted by atomic mass is 10.2. The molecule has 0 unspecified atom stereocenters. The fraction of sp³-hybridized carbons (Fsp3) is 0.500. The normalized spacial score (nSPS) is 10.6. The van der Waals surface area contributed by atoms with Crippen LogP contribution in [0.15, 0.2) is 18.2 Å². The summed E-state index contributed by atoms with van der Waals surface area (Å²) < 4.78 is 5.11. The molecule has 0 aromatic heterocycles. The van der Waals surface area contributed by atoms with Crippen molar-refractivity contribution < 1.29 is 14.6 Å². The fourth-order valence-corrected chi connectivity index (χ4v) is 1.76. The molecule has 1 aromatic rings. The van der Waals surface area contributed by atoms with Gasteiger partial charge in [0.15, 0.2) is 0 Å². The highest BCUT2D eigenvalue weighted by molar-refractivity contribution is 6.31. The van der Waals surface area contributed by atoms with Crippen LogP contribution in [0, 0.1) is 6.92 Å². The summed E-state index contributed by atoms with van der Waals surface area (Å²) in [6.45, 7) is 3.81. The molecule has 1 aromatic carbocycles. The molecule has 0 atom stereocenters. The van der Waals surface area contributed by atoms with Crippen LogP contribution in [-0.2, 0) is 9.53 Å². The van der Waals surface area contributed by atoms with Crippen LogP contribution in [0.25, 0.3) is 0 Å². The van der Waals surface area contributed by atoms with Crippen LogP contribution < -0.4 is 10.6 Å². The highest BCUT2D eigenvalue weighted by atomic mass is 35.5. The predicted molar refractivity (Wildman–Crippen MR) is 80.2 cm³/mol. The molecule has 20 heavy (non-hydrogen) atoms. The summed E-state index contributed by atoms with van der Waals surface area (Å²) in [4.78, 5) is 11.7. The second-order valence-electron chi connectivity index (χ2n) is 4.37. The van der Waals surface area contributed by atoms with Crippen LogP contribution in [0.3, 0.4) is 0 Å².